The summed E-state index contributed by atoms with van der Waals surface area (Å²) in [5.74, 6) is 1.26. The average molecular weight is 391 g/mol. The average Bonchev–Trinajstić information content (AvgIpc) is 2.38. The van der Waals surface area contributed by atoms with E-state index < -0.39 is 0 Å². The Morgan fingerprint density at radius 1 is 0.808 bits per heavy atom. The second kappa shape index (κ2) is 10.7. The van der Waals surface area contributed by atoms with E-state index in [0.29, 0.717) is 17.9 Å². The van der Waals surface area contributed by atoms with Crippen LogP contribution in [0.2, 0.25) is 0 Å². The van der Waals surface area contributed by atoms with Gasteiger partial charge >= 0.3 is 0 Å². The zero-order chi connectivity index (χ0) is 20.6. The summed E-state index contributed by atoms with van der Waals surface area (Å²) in [5, 5.41) is 0. The van der Waals surface area contributed by atoms with Gasteiger partial charge in [-0.25, -0.2) is 0 Å². The van der Waals surface area contributed by atoms with E-state index in [1.54, 1.807) is 0 Å². The molecular weight excluding hydrogens is 343 g/mol. The fraction of sp³-hybridized carbons (Fsp3) is 1.00. The largest absolute Gasteiger partial charge is 0.370 e. The van der Waals surface area contributed by atoms with Crippen LogP contribution in [0.3, 0.4) is 0 Å². The molecule has 0 aliphatic rings. The molecule has 0 radical (unpaired) electrons. The van der Waals surface area contributed by atoms with Crippen molar-refractivity contribution in [1.29, 1.82) is 0 Å². The molecule has 1 unspecified atom stereocenters. The normalized spacial score (nSPS) is 15.3. The van der Waals surface area contributed by atoms with Gasteiger partial charge in [0, 0.05) is 17.9 Å². The third kappa shape index (κ3) is 10.5. The summed E-state index contributed by atoms with van der Waals surface area (Å²) in [6, 6.07) is 0. The van der Waals surface area contributed by atoms with Crippen LogP contribution in [0.4, 0.5) is 3.89 Å². The standard InChI is InChI=1S/C23H47FOS/c1-11-13-15-19(14-12-2)21(5,6)17-23(9,10)25-22(7,8)16-20(3,4)18-26-24/h19H,11-18H2,1-10H3. The Labute approximate surface area is 168 Å². The van der Waals surface area contributed by atoms with Gasteiger partial charge < -0.3 is 4.74 Å². The highest BCUT2D eigenvalue weighted by atomic mass is 32.2. The van der Waals surface area contributed by atoms with E-state index in [1.165, 1.54) is 32.1 Å². The first-order chi connectivity index (χ1) is 11.7. The summed E-state index contributed by atoms with van der Waals surface area (Å²) >= 11 is 0.439. The Bertz CT molecular complexity index is 388. The van der Waals surface area contributed by atoms with Crippen LogP contribution in [-0.2, 0) is 4.74 Å². The van der Waals surface area contributed by atoms with Gasteiger partial charge in [-0.2, -0.15) is 3.89 Å². The molecule has 26 heavy (non-hydrogen) atoms. The third-order valence-corrected chi connectivity index (χ3v) is 6.32. The molecule has 0 N–H and O–H groups in total. The molecule has 0 fully saturated rings. The van der Waals surface area contributed by atoms with E-state index in [4.69, 9.17) is 4.74 Å². The van der Waals surface area contributed by atoms with Crippen LogP contribution in [0.15, 0.2) is 0 Å². The Morgan fingerprint density at radius 3 is 1.81 bits per heavy atom. The van der Waals surface area contributed by atoms with Crippen molar-refractivity contribution in [3.63, 3.8) is 0 Å². The van der Waals surface area contributed by atoms with Crippen molar-refractivity contribution in [1.82, 2.24) is 0 Å². The maximum Gasteiger partial charge on any atom is 0.0639 e. The molecule has 0 spiro atoms. The van der Waals surface area contributed by atoms with Gasteiger partial charge in [-0.15, -0.1) is 0 Å². The molecular formula is C23H47FOS. The molecule has 0 aliphatic heterocycles. The van der Waals surface area contributed by atoms with Crippen LogP contribution >= 0.6 is 12.1 Å². The molecule has 0 aromatic rings. The maximum absolute atomic E-state index is 12.8. The van der Waals surface area contributed by atoms with E-state index in [0.717, 1.165) is 18.8 Å². The van der Waals surface area contributed by atoms with E-state index in [2.05, 4.69) is 69.2 Å². The number of unbranched alkanes of at least 4 members (excludes halogenated alkanes) is 1. The van der Waals surface area contributed by atoms with Gasteiger partial charge in [0.1, 0.15) is 0 Å². The summed E-state index contributed by atoms with van der Waals surface area (Å²) in [6.45, 7) is 22.5. The summed E-state index contributed by atoms with van der Waals surface area (Å²) < 4.78 is 19.4. The second-order valence-electron chi connectivity index (χ2n) is 11.0. The van der Waals surface area contributed by atoms with E-state index in [-0.39, 0.29) is 22.0 Å². The minimum absolute atomic E-state index is 0.0691. The third-order valence-electron chi connectivity index (χ3n) is 5.43. The highest BCUT2D eigenvalue weighted by molar-refractivity contribution is 7.94. The highest BCUT2D eigenvalue weighted by Crippen LogP contribution is 2.44. The summed E-state index contributed by atoms with van der Waals surface area (Å²) in [5.41, 5.74) is -0.262. The molecule has 3 heteroatoms. The lowest BCUT2D eigenvalue weighted by molar-refractivity contribution is -0.154. The van der Waals surface area contributed by atoms with Crippen molar-refractivity contribution < 1.29 is 8.62 Å². The number of halogens is 1. The lowest BCUT2D eigenvalue weighted by Crippen LogP contribution is -2.44. The first kappa shape index (κ1) is 26.2. The molecule has 0 rings (SSSR count). The summed E-state index contributed by atoms with van der Waals surface area (Å²) in [7, 11) is 0. The van der Waals surface area contributed by atoms with Crippen LogP contribution in [0.5, 0.6) is 0 Å². The van der Waals surface area contributed by atoms with Gasteiger partial charge in [0.15, 0.2) is 0 Å². The van der Waals surface area contributed by atoms with Crippen LogP contribution in [-0.4, -0.2) is 17.0 Å². The smallest absolute Gasteiger partial charge is 0.0639 e. The fourth-order valence-electron chi connectivity index (χ4n) is 5.14. The van der Waals surface area contributed by atoms with Crippen molar-refractivity contribution in [2.24, 2.45) is 16.7 Å². The molecule has 1 nitrogen and oxygen atoms in total. The quantitative estimate of drug-likeness (QED) is 0.293. The van der Waals surface area contributed by atoms with Gasteiger partial charge in [0.2, 0.25) is 0 Å². The first-order valence-electron chi connectivity index (χ1n) is 10.6. The van der Waals surface area contributed by atoms with Crippen molar-refractivity contribution in [2.45, 2.75) is 125 Å². The molecule has 1 atom stereocenters. The van der Waals surface area contributed by atoms with Gasteiger partial charge in [0.05, 0.1) is 11.2 Å². The van der Waals surface area contributed by atoms with Crippen molar-refractivity contribution >= 4 is 12.1 Å². The number of rotatable bonds is 14. The number of hydrogen-bond acceptors (Lipinski definition) is 2. The minimum atomic E-state index is -0.261. The fourth-order valence-corrected chi connectivity index (χ4v) is 5.54. The monoisotopic (exact) mass is 390 g/mol. The Hall–Kier alpha value is 0.240. The lowest BCUT2D eigenvalue weighted by Gasteiger charge is -2.45. The van der Waals surface area contributed by atoms with Crippen LogP contribution < -0.4 is 0 Å². The van der Waals surface area contributed by atoms with Crippen molar-refractivity contribution in [3.05, 3.63) is 0 Å². The first-order valence-corrected chi connectivity index (χ1v) is 11.5. The summed E-state index contributed by atoms with van der Waals surface area (Å²) in [4.78, 5) is 0. The van der Waals surface area contributed by atoms with Crippen molar-refractivity contribution in [2.75, 3.05) is 5.75 Å². The molecule has 0 saturated heterocycles. The van der Waals surface area contributed by atoms with Gasteiger partial charge in [-0.05, 0) is 63.7 Å². The van der Waals surface area contributed by atoms with Crippen molar-refractivity contribution in [3.8, 4) is 0 Å². The second-order valence-corrected chi connectivity index (χ2v) is 11.5. The maximum atomic E-state index is 12.8. The Morgan fingerprint density at radius 2 is 1.35 bits per heavy atom. The molecule has 0 heterocycles. The van der Waals surface area contributed by atoms with E-state index >= 15 is 0 Å². The van der Waals surface area contributed by atoms with Gasteiger partial charge in [-0.1, -0.05) is 67.2 Å². The highest BCUT2D eigenvalue weighted by Gasteiger charge is 2.39. The topological polar surface area (TPSA) is 9.23 Å². The van der Waals surface area contributed by atoms with Gasteiger partial charge in [-0.3, -0.25) is 0 Å². The lowest BCUT2D eigenvalue weighted by atomic mass is 9.68. The van der Waals surface area contributed by atoms with Gasteiger partial charge in [0.25, 0.3) is 0 Å². The predicted molar refractivity (Wildman–Crippen MR) is 118 cm³/mol. The number of ether oxygens (including phenoxy) is 1. The molecule has 0 aromatic carbocycles. The minimum Gasteiger partial charge on any atom is -0.370 e. The SMILES string of the molecule is CCCCC(CCC)C(C)(C)CC(C)(C)OC(C)(C)CC(C)(C)CSF. The zero-order valence-corrected chi connectivity index (χ0v) is 20.2. The predicted octanol–water partition coefficient (Wildman–Crippen LogP) is 8.62. The van der Waals surface area contributed by atoms with Crippen LogP contribution in [0.25, 0.3) is 0 Å². The summed E-state index contributed by atoms with van der Waals surface area (Å²) in [6.07, 6.45) is 8.36. The van der Waals surface area contributed by atoms with Crippen LogP contribution in [0, 0.1) is 16.7 Å². The van der Waals surface area contributed by atoms with Crippen LogP contribution in [0.1, 0.15) is 114 Å². The number of hydrogen-bond donors (Lipinski definition) is 0. The molecule has 0 aromatic heterocycles. The van der Waals surface area contributed by atoms with E-state index in [1.807, 2.05) is 0 Å². The van der Waals surface area contributed by atoms with E-state index in [9.17, 15) is 3.89 Å². The molecule has 158 valence electrons. The molecule has 0 saturated carbocycles. The molecule has 0 bridgehead atoms. The zero-order valence-electron chi connectivity index (χ0n) is 19.4. The molecule has 0 aliphatic carbocycles. The molecule has 0 amide bonds. The Kier molecular flexibility index (Phi) is 10.8. The Balaban J connectivity index is 5.06.